The number of rotatable bonds is 5. The summed E-state index contributed by atoms with van der Waals surface area (Å²) >= 11 is 6.22. The van der Waals surface area contributed by atoms with Crippen LogP contribution in [0, 0.1) is 6.92 Å². The molecular weight excluding hydrogens is 286 g/mol. The number of para-hydroxylation sites is 1. The lowest BCUT2D eigenvalue weighted by Crippen LogP contribution is -2.29. The number of aromatic nitrogens is 2. The summed E-state index contributed by atoms with van der Waals surface area (Å²) in [4.78, 5) is 12.1. The first kappa shape index (κ1) is 15.7. The molecule has 1 N–H and O–H groups in total. The summed E-state index contributed by atoms with van der Waals surface area (Å²) in [6, 6.07) is 9.42. The van der Waals surface area contributed by atoms with Crippen LogP contribution in [0.3, 0.4) is 0 Å². The number of nitrogens with zero attached hydrogens (tertiary/aromatic N) is 2. The first-order chi connectivity index (χ1) is 10.0. The van der Waals surface area contributed by atoms with Gasteiger partial charge in [-0.1, -0.05) is 30.7 Å². The van der Waals surface area contributed by atoms with Gasteiger partial charge in [-0.15, -0.1) is 0 Å². The molecule has 2 aromatic rings. The van der Waals surface area contributed by atoms with E-state index in [1.165, 1.54) is 0 Å². The Morgan fingerprint density at radius 3 is 2.76 bits per heavy atom. The summed E-state index contributed by atoms with van der Waals surface area (Å²) in [5.41, 5.74) is 1.99. The molecule has 1 unspecified atom stereocenters. The van der Waals surface area contributed by atoms with Crippen molar-refractivity contribution < 1.29 is 0 Å². The van der Waals surface area contributed by atoms with Crippen LogP contribution >= 0.6 is 11.6 Å². The van der Waals surface area contributed by atoms with Crippen molar-refractivity contribution in [2.75, 3.05) is 0 Å². The van der Waals surface area contributed by atoms with Gasteiger partial charge in [0.15, 0.2) is 0 Å². The van der Waals surface area contributed by atoms with Crippen LogP contribution in [0.15, 0.2) is 35.1 Å². The van der Waals surface area contributed by atoms with E-state index >= 15 is 0 Å². The Labute approximate surface area is 129 Å². The van der Waals surface area contributed by atoms with E-state index < -0.39 is 0 Å². The first-order valence-corrected chi connectivity index (χ1v) is 7.49. The Bertz CT molecular complexity index is 681. The average Bonchev–Trinajstić information content (AvgIpc) is 2.47. The standard InChI is InChI=1S/C16H20ClN3O/c1-4-11(2)18-10-14-16(21)9-12(3)20(19-14)15-8-6-5-7-13(15)17/h5-9,11,18H,4,10H2,1-3H3. The van der Waals surface area contributed by atoms with Gasteiger partial charge in [-0.25, -0.2) is 4.68 Å². The fourth-order valence-electron chi connectivity index (χ4n) is 1.99. The Kier molecular flexibility index (Phi) is 5.15. The van der Waals surface area contributed by atoms with Crippen molar-refractivity contribution in [1.29, 1.82) is 0 Å². The summed E-state index contributed by atoms with van der Waals surface area (Å²) in [5.74, 6) is 0. The van der Waals surface area contributed by atoms with Crippen molar-refractivity contribution in [1.82, 2.24) is 15.1 Å². The fourth-order valence-corrected chi connectivity index (χ4v) is 2.20. The minimum atomic E-state index is -0.0494. The lowest BCUT2D eigenvalue weighted by Gasteiger charge is -2.14. The molecule has 0 saturated heterocycles. The van der Waals surface area contributed by atoms with Crippen LogP contribution in [0.4, 0.5) is 0 Å². The summed E-state index contributed by atoms with van der Waals surface area (Å²) in [5, 5.41) is 8.37. The Morgan fingerprint density at radius 2 is 2.10 bits per heavy atom. The van der Waals surface area contributed by atoms with Gasteiger partial charge in [0, 0.05) is 24.3 Å². The Hall–Kier alpha value is -1.65. The van der Waals surface area contributed by atoms with Gasteiger partial charge in [0.25, 0.3) is 0 Å². The topological polar surface area (TPSA) is 46.9 Å². The van der Waals surface area contributed by atoms with Gasteiger partial charge in [0.2, 0.25) is 5.43 Å². The molecule has 0 saturated carbocycles. The van der Waals surface area contributed by atoms with Crippen LogP contribution < -0.4 is 10.7 Å². The summed E-state index contributed by atoms with van der Waals surface area (Å²) in [6.45, 7) is 6.49. The molecule has 4 nitrogen and oxygen atoms in total. The van der Waals surface area contributed by atoms with E-state index in [4.69, 9.17) is 11.6 Å². The van der Waals surface area contributed by atoms with Gasteiger partial charge < -0.3 is 5.32 Å². The monoisotopic (exact) mass is 305 g/mol. The maximum absolute atomic E-state index is 12.1. The smallest absolute Gasteiger partial charge is 0.204 e. The van der Waals surface area contributed by atoms with Crippen molar-refractivity contribution in [3.05, 3.63) is 57.0 Å². The van der Waals surface area contributed by atoms with Gasteiger partial charge >= 0.3 is 0 Å². The third-order valence-electron chi connectivity index (χ3n) is 3.49. The molecule has 0 aliphatic rings. The van der Waals surface area contributed by atoms with Crippen molar-refractivity contribution in [3.8, 4) is 5.69 Å². The quantitative estimate of drug-likeness (QED) is 0.923. The summed E-state index contributed by atoms with van der Waals surface area (Å²) in [6.07, 6.45) is 1.00. The molecule has 5 heteroatoms. The molecule has 2 rings (SSSR count). The molecule has 0 spiro atoms. The molecule has 1 aromatic carbocycles. The predicted octanol–water partition coefficient (Wildman–Crippen LogP) is 3.08. The lowest BCUT2D eigenvalue weighted by molar-refractivity contribution is 0.521. The molecule has 1 aromatic heterocycles. The molecule has 0 amide bonds. The number of aryl methyl sites for hydroxylation is 1. The molecule has 0 aliphatic heterocycles. The molecule has 0 radical (unpaired) electrons. The van der Waals surface area contributed by atoms with Crippen LogP contribution in [-0.4, -0.2) is 15.8 Å². The molecule has 0 aliphatic carbocycles. The second kappa shape index (κ2) is 6.87. The van der Waals surface area contributed by atoms with E-state index in [0.717, 1.165) is 17.8 Å². The van der Waals surface area contributed by atoms with Gasteiger partial charge in [-0.05, 0) is 32.4 Å². The minimum Gasteiger partial charge on any atom is -0.308 e. The van der Waals surface area contributed by atoms with Crippen molar-refractivity contribution in [2.45, 2.75) is 39.8 Å². The highest BCUT2D eigenvalue weighted by atomic mass is 35.5. The van der Waals surface area contributed by atoms with Crippen LogP contribution in [0.1, 0.15) is 31.7 Å². The van der Waals surface area contributed by atoms with Crippen molar-refractivity contribution >= 4 is 11.6 Å². The van der Waals surface area contributed by atoms with Crippen LogP contribution in [-0.2, 0) is 6.54 Å². The van der Waals surface area contributed by atoms with E-state index in [0.29, 0.717) is 23.3 Å². The number of nitrogens with one attached hydrogen (secondary N) is 1. The largest absolute Gasteiger partial charge is 0.308 e. The maximum Gasteiger partial charge on any atom is 0.204 e. The third-order valence-corrected chi connectivity index (χ3v) is 3.81. The highest BCUT2D eigenvalue weighted by molar-refractivity contribution is 6.32. The number of benzene rings is 1. The normalized spacial score (nSPS) is 12.4. The maximum atomic E-state index is 12.1. The highest BCUT2D eigenvalue weighted by Crippen LogP contribution is 2.19. The third kappa shape index (κ3) is 3.71. The molecule has 1 heterocycles. The molecule has 0 bridgehead atoms. The minimum absolute atomic E-state index is 0.0494. The van der Waals surface area contributed by atoms with E-state index in [2.05, 4.69) is 24.3 Å². The van der Waals surface area contributed by atoms with Gasteiger partial charge in [-0.3, -0.25) is 4.79 Å². The number of hydrogen-bond donors (Lipinski definition) is 1. The van der Waals surface area contributed by atoms with Gasteiger partial charge in [0.1, 0.15) is 5.69 Å². The van der Waals surface area contributed by atoms with Crippen LogP contribution in [0.25, 0.3) is 5.69 Å². The first-order valence-electron chi connectivity index (χ1n) is 7.11. The van der Waals surface area contributed by atoms with E-state index in [-0.39, 0.29) is 5.43 Å². The van der Waals surface area contributed by atoms with E-state index in [9.17, 15) is 4.79 Å². The Balaban J connectivity index is 2.39. The molecule has 21 heavy (non-hydrogen) atoms. The van der Waals surface area contributed by atoms with Crippen molar-refractivity contribution in [2.24, 2.45) is 0 Å². The zero-order chi connectivity index (χ0) is 15.4. The van der Waals surface area contributed by atoms with Gasteiger partial charge in [0.05, 0.1) is 10.7 Å². The fraction of sp³-hybridized carbons (Fsp3) is 0.375. The number of halogens is 1. The van der Waals surface area contributed by atoms with Crippen molar-refractivity contribution in [3.63, 3.8) is 0 Å². The SMILES string of the molecule is CCC(C)NCc1nn(-c2ccccc2Cl)c(C)cc1=O. The summed E-state index contributed by atoms with van der Waals surface area (Å²) in [7, 11) is 0. The predicted molar refractivity (Wildman–Crippen MR) is 86.2 cm³/mol. The average molecular weight is 306 g/mol. The number of hydrogen-bond acceptors (Lipinski definition) is 3. The molecular formula is C16H20ClN3O. The lowest BCUT2D eigenvalue weighted by atomic mass is 10.2. The van der Waals surface area contributed by atoms with Crippen LogP contribution in [0.5, 0.6) is 0 Å². The van der Waals surface area contributed by atoms with Crippen LogP contribution in [0.2, 0.25) is 5.02 Å². The zero-order valence-corrected chi connectivity index (χ0v) is 13.3. The summed E-state index contributed by atoms with van der Waals surface area (Å²) < 4.78 is 1.72. The zero-order valence-electron chi connectivity index (χ0n) is 12.6. The van der Waals surface area contributed by atoms with E-state index in [1.807, 2.05) is 31.2 Å². The Morgan fingerprint density at radius 1 is 1.38 bits per heavy atom. The highest BCUT2D eigenvalue weighted by Gasteiger charge is 2.10. The van der Waals surface area contributed by atoms with Gasteiger partial charge in [-0.2, -0.15) is 5.10 Å². The molecule has 0 fully saturated rings. The van der Waals surface area contributed by atoms with E-state index in [1.54, 1.807) is 10.7 Å². The molecule has 1 atom stereocenters. The molecule has 112 valence electrons. The second-order valence-corrected chi connectivity index (χ2v) is 5.56. The second-order valence-electron chi connectivity index (χ2n) is 5.15.